The van der Waals surface area contributed by atoms with Gasteiger partial charge in [-0.2, -0.15) is 5.10 Å². The molecule has 78 valence electrons. The Kier molecular flexibility index (Phi) is 2.51. The fraction of sp³-hybridized carbons (Fsp3) is 0.273. The Bertz CT molecular complexity index is 451. The van der Waals surface area contributed by atoms with Gasteiger partial charge in [-0.05, 0) is 30.5 Å². The molecular weight excluding hydrogens is 190 g/mol. The minimum atomic E-state index is -0.729. The summed E-state index contributed by atoms with van der Waals surface area (Å²) in [7, 11) is 0. The fourth-order valence-corrected chi connectivity index (χ4v) is 1.56. The number of H-pyrrole nitrogens is 1. The molecule has 1 aromatic heterocycles. The molecule has 0 amide bonds. The maximum atomic E-state index is 10.1. The molecule has 0 saturated carbocycles. The molecule has 2 rings (SSSR count). The van der Waals surface area contributed by atoms with Crippen LogP contribution in [0.1, 0.15) is 28.6 Å². The molecule has 2 aromatic rings. The largest absolute Gasteiger partial charge is 0.380 e. The lowest BCUT2D eigenvalue weighted by Crippen LogP contribution is -2.05. The van der Waals surface area contributed by atoms with Crippen molar-refractivity contribution in [3.63, 3.8) is 0 Å². The highest BCUT2D eigenvalue weighted by Crippen LogP contribution is 2.23. The summed E-state index contributed by atoms with van der Waals surface area (Å²) >= 11 is 0. The average Bonchev–Trinajstić information content (AvgIpc) is 2.74. The van der Waals surface area contributed by atoms with Crippen LogP contribution in [0.25, 0.3) is 0 Å². The third kappa shape index (κ3) is 1.76. The summed E-state index contributed by atoms with van der Waals surface area (Å²) in [6, 6.07) is 5.85. The van der Waals surface area contributed by atoms with Crippen molar-refractivity contribution in [1.82, 2.24) is 15.2 Å². The Morgan fingerprint density at radius 1 is 1.33 bits per heavy atom. The number of aromatic amines is 1. The predicted molar refractivity (Wildman–Crippen MR) is 56.4 cm³/mol. The van der Waals surface area contributed by atoms with Crippen LogP contribution in [-0.4, -0.2) is 20.3 Å². The van der Waals surface area contributed by atoms with Crippen molar-refractivity contribution in [3.05, 3.63) is 47.0 Å². The van der Waals surface area contributed by atoms with Crippen LogP contribution in [0.2, 0.25) is 0 Å². The maximum absolute atomic E-state index is 10.1. The summed E-state index contributed by atoms with van der Waals surface area (Å²) in [5.41, 5.74) is 3.11. The minimum absolute atomic E-state index is 0.476. The molecule has 0 aliphatic carbocycles. The summed E-state index contributed by atoms with van der Waals surface area (Å²) in [6.07, 6.45) is 0.663. The van der Waals surface area contributed by atoms with Crippen molar-refractivity contribution in [2.24, 2.45) is 0 Å². The van der Waals surface area contributed by atoms with Crippen LogP contribution in [0.3, 0.4) is 0 Å². The summed E-state index contributed by atoms with van der Waals surface area (Å²) in [5, 5.41) is 16.4. The molecule has 1 heterocycles. The van der Waals surface area contributed by atoms with Gasteiger partial charge in [0.1, 0.15) is 12.4 Å². The van der Waals surface area contributed by atoms with Crippen LogP contribution >= 0.6 is 0 Å². The highest BCUT2D eigenvalue weighted by molar-refractivity contribution is 5.36. The second-order valence-corrected chi connectivity index (χ2v) is 3.56. The SMILES string of the molecule is Cc1cccc(C(O)c2ncn[nH]2)c1C. The van der Waals surface area contributed by atoms with E-state index in [1.165, 1.54) is 6.33 Å². The molecule has 1 aromatic carbocycles. The fourth-order valence-electron chi connectivity index (χ4n) is 1.56. The molecule has 0 fully saturated rings. The summed E-state index contributed by atoms with van der Waals surface area (Å²) in [5.74, 6) is 0.476. The Labute approximate surface area is 88.0 Å². The van der Waals surface area contributed by atoms with Crippen molar-refractivity contribution in [3.8, 4) is 0 Å². The van der Waals surface area contributed by atoms with Crippen LogP contribution in [0.4, 0.5) is 0 Å². The van der Waals surface area contributed by atoms with Gasteiger partial charge in [0.15, 0.2) is 5.82 Å². The second kappa shape index (κ2) is 3.82. The first-order valence-corrected chi connectivity index (χ1v) is 4.79. The molecule has 4 nitrogen and oxygen atoms in total. The number of aromatic nitrogens is 3. The van der Waals surface area contributed by atoms with Crippen molar-refractivity contribution in [2.75, 3.05) is 0 Å². The highest BCUT2D eigenvalue weighted by Gasteiger charge is 2.15. The minimum Gasteiger partial charge on any atom is -0.380 e. The van der Waals surface area contributed by atoms with Gasteiger partial charge in [-0.1, -0.05) is 18.2 Å². The van der Waals surface area contributed by atoms with Gasteiger partial charge in [0.05, 0.1) is 0 Å². The summed E-state index contributed by atoms with van der Waals surface area (Å²) in [6.45, 7) is 4.01. The molecule has 0 bridgehead atoms. The van der Waals surface area contributed by atoms with E-state index in [-0.39, 0.29) is 0 Å². The number of aliphatic hydroxyl groups excluding tert-OH is 1. The zero-order chi connectivity index (χ0) is 10.8. The number of rotatable bonds is 2. The van der Waals surface area contributed by atoms with Crippen LogP contribution in [0.15, 0.2) is 24.5 Å². The second-order valence-electron chi connectivity index (χ2n) is 3.56. The standard InChI is InChI=1S/C11H13N3O/c1-7-4-3-5-9(8(7)2)10(15)11-12-6-13-14-11/h3-6,10,15H,1-2H3,(H,12,13,14). The van der Waals surface area contributed by atoms with Crippen LogP contribution < -0.4 is 0 Å². The van der Waals surface area contributed by atoms with Crippen LogP contribution in [0.5, 0.6) is 0 Å². The summed E-state index contributed by atoms with van der Waals surface area (Å²) in [4.78, 5) is 3.95. The van der Waals surface area contributed by atoms with Crippen LogP contribution in [-0.2, 0) is 0 Å². The van der Waals surface area contributed by atoms with E-state index in [9.17, 15) is 5.11 Å². The molecular formula is C11H13N3O. The van der Waals surface area contributed by atoms with E-state index >= 15 is 0 Å². The monoisotopic (exact) mass is 203 g/mol. The first-order valence-electron chi connectivity index (χ1n) is 4.79. The number of benzene rings is 1. The van der Waals surface area contributed by atoms with Gasteiger partial charge in [-0.3, -0.25) is 5.10 Å². The molecule has 0 aliphatic rings. The average molecular weight is 203 g/mol. The van der Waals surface area contributed by atoms with Crippen LogP contribution in [0, 0.1) is 13.8 Å². The number of hydrogen-bond acceptors (Lipinski definition) is 3. The first-order chi connectivity index (χ1) is 7.20. The molecule has 0 radical (unpaired) electrons. The third-order valence-corrected chi connectivity index (χ3v) is 2.63. The van der Waals surface area contributed by atoms with E-state index in [1.54, 1.807) is 0 Å². The number of nitrogens with one attached hydrogen (secondary N) is 1. The highest BCUT2D eigenvalue weighted by atomic mass is 16.3. The van der Waals surface area contributed by atoms with Crippen molar-refractivity contribution in [1.29, 1.82) is 0 Å². The van der Waals surface area contributed by atoms with Crippen molar-refractivity contribution >= 4 is 0 Å². The van der Waals surface area contributed by atoms with Gasteiger partial charge in [0, 0.05) is 0 Å². The topological polar surface area (TPSA) is 61.8 Å². The molecule has 2 N–H and O–H groups in total. The molecule has 4 heteroatoms. The van der Waals surface area contributed by atoms with E-state index in [0.717, 1.165) is 16.7 Å². The van der Waals surface area contributed by atoms with E-state index < -0.39 is 6.10 Å². The summed E-state index contributed by atoms with van der Waals surface area (Å²) < 4.78 is 0. The number of aryl methyl sites for hydroxylation is 1. The van der Waals surface area contributed by atoms with Gasteiger partial charge < -0.3 is 5.11 Å². The maximum Gasteiger partial charge on any atom is 0.157 e. The Morgan fingerprint density at radius 2 is 2.13 bits per heavy atom. The first kappa shape index (κ1) is 9.86. The molecule has 15 heavy (non-hydrogen) atoms. The van der Waals surface area contributed by atoms with E-state index in [0.29, 0.717) is 5.82 Å². The van der Waals surface area contributed by atoms with Gasteiger partial charge in [-0.25, -0.2) is 4.98 Å². The zero-order valence-electron chi connectivity index (χ0n) is 8.73. The number of aliphatic hydroxyl groups is 1. The third-order valence-electron chi connectivity index (χ3n) is 2.63. The molecule has 0 aliphatic heterocycles. The number of nitrogens with zero attached hydrogens (tertiary/aromatic N) is 2. The molecule has 0 spiro atoms. The van der Waals surface area contributed by atoms with Crippen molar-refractivity contribution in [2.45, 2.75) is 20.0 Å². The molecule has 0 saturated heterocycles. The van der Waals surface area contributed by atoms with E-state index in [2.05, 4.69) is 15.2 Å². The zero-order valence-corrected chi connectivity index (χ0v) is 8.73. The lowest BCUT2D eigenvalue weighted by atomic mass is 9.99. The van der Waals surface area contributed by atoms with Crippen molar-refractivity contribution < 1.29 is 5.11 Å². The van der Waals surface area contributed by atoms with E-state index in [4.69, 9.17) is 0 Å². The Hall–Kier alpha value is -1.68. The lowest BCUT2D eigenvalue weighted by Gasteiger charge is -2.12. The Morgan fingerprint density at radius 3 is 2.80 bits per heavy atom. The number of hydrogen-bond donors (Lipinski definition) is 2. The molecule has 1 atom stereocenters. The quantitative estimate of drug-likeness (QED) is 0.777. The Balaban J connectivity index is 2.42. The lowest BCUT2D eigenvalue weighted by molar-refractivity contribution is 0.209. The van der Waals surface area contributed by atoms with Gasteiger partial charge >= 0.3 is 0 Å². The normalized spacial score (nSPS) is 12.7. The van der Waals surface area contributed by atoms with Gasteiger partial charge in [0.25, 0.3) is 0 Å². The van der Waals surface area contributed by atoms with E-state index in [1.807, 2.05) is 32.0 Å². The predicted octanol–water partition coefficient (Wildman–Crippen LogP) is 1.50. The van der Waals surface area contributed by atoms with Gasteiger partial charge in [0.2, 0.25) is 0 Å². The smallest absolute Gasteiger partial charge is 0.157 e. The van der Waals surface area contributed by atoms with Gasteiger partial charge in [-0.15, -0.1) is 0 Å². The molecule has 1 unspecified atom stereocenters.